The zero-order chi connectivity index (χ0) is 23.7. The summed E-state index contributed by atoms with van der Waals surface area (Å²) in [6.45, 7) is 5.81. The number of furan rings is 1. The molecule has 10 nitrogen and oxygen atoms in total. The van der Waals surface area contributed by atoms with Crippen molar-refractivity contribution in [3.63, 3.8) is 0 Å². The van der Waals surface area contributed by atoms with Crippen molar-refractivity contribution in [2.75, 3.05) is 30.3 Å². The predicted octanol–water partition coefficient (Wildman–Crippen LogP) is 3.47. The second-order valence-electron chi connectivity index (χ2n) is 8.81. The van der Waals surface area contributed by atoms with E-state index >= 15 is 0 Å². The van der Waals surface area contributed by atoms with Crippen LogP contribution in [0.25, 0.3) is 0 Å². The van der Waals surface area contributed by atoms with Gasteiger partial charge in [0.15, 0.2) is 5.16 Å². The van der Waals surface area contributed by atoms with Crippen molar-refractivity contribution in [3.8, 4) is 0 Å². The molecular formula is C23H30N6O4S. The highest BCUT2D eigenvalue weighted by Gasteiger charge is 2.37. The standard InChI is InChI=1S/C23H30N6O4S/c1-3-32-20(30)18-16(24-21(31)25-19(18)17-10-7-14(2)33-17)13-34-23-27-26-22(29(23)15-8-9-15)28-11-5-4-6-12-28/h7,10,15,19H,3-6,8-9,11-13H2,1-2H3,(H2,24,25,31). The molecule has 3 aliphatic rings. The maximum absolute atomic E-state index is 13.0. The Labute approximate surface area is 202 Å². The normalized spacial score (nSPS) is 20.8. The number of carbonyl (C=O) groups is 2. The number of ether oxygens (including phenoxy) is 1. The molecule has 2 aliphatic heterocycles. The van der Waals surface area contributed by atoms with Crippen molar-refractivity contribution < 1.29 is 18.7 Å². The van der Waals surface area contributed by atoms with E-state index in [0.717, 1.165) is 37.0 Å². The van der Waals surface area contributed by atoms with E-state index in [2.05, 4.69) is 30.3 Å². The van der Waals surface area contributed by atoms with Gasteiger partial charge in [0.05, 0.1) is 12.2 Å². The SMILES string of the molecule is CCOC(=O)C1=C(CSc2nnc(N3CCCCC3)n2C2CC2)NC(=O)NC1c1ccc(C)o1. The molecule has 1 aliphatic carbocycles. The molecule has 34 heavy (non-hydrogen) atoms. The van der Waals surface area contributed by atoms with Gasteiger partial charge in [0, 0.05) is 30.6 Å². The van der Waals surface area contributed by atoms with Crippen LogP contribution in [0.3, 0.4) is 0 Å². The molecule has 0 aromatic carbocycles. The Morgan fingerprint density at radius 1 is 1.24 bits per heavy atom. The van der Waals surface area contributed by atoms with Crippen molar-refractivity contribution in [2.24, 2.45) is 0 Å². The summed E-state index contributed by atoms with van der Waals surface area (Å²) in [7, 11) is 0. The molecular weight excluding hydrogens is 456 g/mol. The summed E-state index contributed by atoms with van der Waals surface area (Å²) in [5.41, 5.74) is 0.841. The molecule has 0 spiro atoms. The molecule has 11 heteroatoms. The number of hydrogen-bond donors (Lipinski definition) is 2. The average Bonchev–Trinajstić information content (AvgIpc) is 3.43. The Morgan fingerprint density at radius 3 is 2.71 bits per heavy atom. The van der Waals surface area contributed by atoms with E-state index in [1.54, 1.807) is 19.1 Å². The number of thioether (sulfide) groups is 1. The van der Waals surface area contributed by atoms with E-state index in [-0.39, 0.29) is 12.6 Å². The summed E-state index contributed by atoms with van der Waals surface area (Å²) in [4.78, 5) is 27.8. The molecule has 1 unspecified atom stereocenters. The zero-order valence-electron chi connectivity index (χ0n) is 19.5. The molecule has 2 aromatic heterocycles. The Kier molecular flexibility index (Phi) is 6.53. The first-order chi connectivity index (χ1) is 16.5. The summed E-state index contributed by atoms with van der Waals surface area (Å²) in [6.07, 6.45) is 5.82. The Balaban J connectivity index is 1.44. The molecule has 2 aromatic rings. The topological polar surface area (TPSA) is 115 Å². The van der Waals surface area contributed by atoms with Gasteiger partial charge < -0.3 is 24.7 Å². The lowest BCUT2D eigenvalue weighted by Gasteiger charge is -2.28. The smallest absolute Gasteiger partial charge is 0.338 e. The molecule has 2 N–H and O–H groups in total. The molecule has 182 valence electrons. The molecule has 1 saturated carbocycles. The van der Waals surface area contributed by atoms with Crippen LogP contribution in [0.4, 0.5) is 10.7 Å². The summed E-state index contributed by atoms with van der Waals surface area (Å²) < 4.78 is 13.3. The van der Waals surface area contributed by atoms with E-state index in [1.165, 1.54) is 31.0 Å². The first-order valence-electron chi connectivity index (χ1n) is 11.9. The molecule has 5 rings (SSSR count). The first-order valence-corrected chi connectivity index (χ1v) is 12.9. The average molecular weight is 487 g/mol. The molecule has 1 atom stereocenters. The molecule has 4 heterocycles. The lowest BCUT2D eigenvalue weighted by Crippen LogP contribution is -2.46. The maximum atomic E-state index is 13.0. The van der Waals surface area contributed by atoms with Gasteiger partial charge in [0.2, 0.25) is 5.95 Å². The van der Waals surface area contributed by atoms with Crippen molar-refractivity contribution in [3.05, 3.63) is 34.9 Å². The highest BCUT2D eigenvalue weighted by molar-refractivity contribution is 7.99. The van der Waals surface area contributed by atoms with Crippen LogP contribution in [0, 0.1) is 6.92 Å². The quantitative estimate of drug-likeness (QED) is 0.431. The summed E-state index contributed by atoms with van der Waals surface area (Å²) in [5, 5.41) is 15.4. The minimum absolute atomic E-state index is 0.232. The number of piperidine rings is 1. The fourth-order valence-electron chi connectivity index (χ4n) is 4.47. The van der Waals surface area contributed by atoms with Gasteiger partial charge in [-0.15, -0.1) is 10.2 Å². The van der Waals surface area contributed by atoms with Crippen LogP contribution in [0.1, 0.15) is 62.6 Å². The fourth-order valence-corrected chi connectivity index (χ4v) is 5.44. The van der Waals surface area contributed by atoms with E-state index in [0.29, 0.717) is 34.6 Å². The fraction of sp³-hybridized carbons (Fsp3) is 0.565. The van der Waals surface area contributed by atoms with Gasteiger partial charge in [0.1, 0.15) is 17.6 Å². The maximum Gasteiger partial charge on any atom is 0.338 e. The van der Waals surface area contributed by atoms with Crippen LogP contribution >= 0.6 is 11.8 Å². The second-order valence-corrected chi connectivity index (χ2v) is 9.76. The Hall–Kier alpha value is -2.95. The summed E-state index contributed by atoms with van der Waals surface area (Å²) >= 11 is 1.47. The third kappa shape index (κ3) is 4.66. The van der Waals surface area contributed by atoms with Gasteiger partial charge in [-0.3, -0.25) is 4.57 Å². The number of carbonyl (C=O) groups excluding carboxylic acids is 2. The number of anilines is 1. The number of rotatable bonds is 8. The van der Waals surface area contributed by atoms with Crippen LogP contribution < -0.4 is 15.5 Å². The number of nitrogens with zero attached hydrogens (tertiary/aromatic N) is 4. The van der Waals surface area contributed by atoms with E-state index in [4.69, 9.17) is 9.15 Å². The highest BCUT2D eigenvalue weighted by atomic mass is 32.2. The van der Waals surface area contributed by atoms with Crippen LogP contribution in [0.15, 0.2) is 33.0 Å². The number of aromatic nitrogens is 3. The third-order valence-electron chi connectivity index (χ3n) is 6.24. The van der Waals surface area contributed by atoms with Crippen molar-refractivity contribution in [2.45, 2.75) is 63.2 Å². The van der Waals surface area contributed by atoms with Crippen LogP contribution in [-0.4, -0.2) is 52.2 Å². The van der Waals surface area contributed by atoms with Crippen molar-refractivity contribution in [1.82, 2.24) is 25.4 Å². The number of hydrogen-bond acceptors (Lipinski definition) is 8. The minimum atomic E-state index is -0.720. The lowest BCUT2D eigenvalue weighted by atomic mass is 10.0. The van der Waals surface area contributed by atoms with Crippen molar-refractivity contribution >= 4 is 29.7 Å². The number of urea groups is 1. The van der Waals surface area contributed by atoms with Gasteiger partial charge in [0.25, 0.3) is 0 Å². The lowest BCUT2D eigenvalue weighted by molar-refractivity contribution is -0.139. The van der Waals surface area contributed by atoms with Crippen LogP contribution in [0.5, 0.6) is 0 Å². The Morgan fingerprint density at radius 2 is 2.03 bits per heavy atom. The number of nitrogens with one attached hydrogen (secondary N) is 2. The highest BCUT2D eigenvalue weighted by Crippen LogP contribution is 2.42. The largest absolute Gasteiger partial charge is 0.464 e. The zero-order valence-corrected chi connectivity index (χ0v) is 20.3. The van der Waals surface area contributed by atoms with Crippen LogP contribution in [0.2, 0.25) is 0 Å². The van der Waals surface area contributed by atoms with Gasteiger partial charge in [-0.05, 0) is 58.1 Å². The first kappa shape index (κ1) is 22.8. The van der Waals surface area contributed by atoms with E-state index in [1.807, 2.05) is 6.92 Å². The molecule has 2 amide bonds. The van der Waals surface area contributed by atoms with Crippen LogP contribution in [-0.2, 0) is 9.53 Å². The third-order valence-corrected chi connectivity index (χ3v) is 7.21. The summed E-state index contributed by atoms with van der Waals surface area (Å²) in [5.74, 6) is 1.99. The number of amides is 2. The number of esters is 1. The molecule has 0 radical (unpaired) electrons. The molecule has 1 saturated heterocycles. The Bertz CT molecular complexity index is 1100. The van der Waals surface area contributed by atoms with E-state index < -0.39 is 12.0 Å². The van der Waals surface area contributed by atoms with Gasteiger partial charge in [-0.25, -0.2) is 9.59 Å². The van der Waals surface area contributed by atoms with Gasteiger partial charge in [-0.2, -0.15) is 0 Å². The van der Waals surface area contributed by atoms with Gasteiger partial charge in [-0.1, -0.05) is 11.8 Å². The second kappa shape index (κ2) is 9.73. The predicted molar refractivity (Wildman–Crippen MR) is 127 cm³/mol. The number of aryl methyl sites for hydroxylation is 1. The molecule has 2 fully saturated rings. The molecule has 0 bridgehead atoms. The van der Waals surface area contributed by atoms with Crippen molar-refractivity contribution in [1.29, 1.82) is 0 Å². The monoisotopic (exact) mass is 486 g/mol. The van der Waals surface area contributed by atoms with E-state index in [9.17, 15) is 9.59 Å². The van der Waals surface area contributed by atoms with Gasteiger partial charge >= 0.3 is 12.0 Å². The summed E-state index contributed by atoms with van der Waals surface area (Å²) in [6, 6.07) is 2.88. The minimum Gasteiger partial charge on any atom is -0.464 e.